The third kappa shape index (κ3) is 53.4. The van der Waals surface area contributed by atoms with Gasteiger partial charge >= 0.3 is 73.4 Å². The summed E-state index contributed by atoms with van der Waals surface area (Å²) in [6, 6.07) is 0. The third-order valence-corrected chi connectivity index (χ3v) is 0. The molecule has 0 fully saturated rings. The molecule has 4 nitrogen and oxygen atoms in total. The molecule has 0 aromatic heterocycles. The van der Waals surface area contributed by atoms with E-state index in [0.717, 1.165) is 0 Å². The molecule has 0 amide bonds. The fourth-order valence-electron chi connectivity index (χ4n) is 0. The van der Waals surface area contributed by atoms with E-state index in [1.165, 1.54) is 0 Å². The molecule has 0 atom stereocenters. The van der Waals surface area contributed by atoms with Gasteiger partial charge < -0.3 is 19.2 Å². The Labute approximate surface area is 138 Å². The fourth-order valence-corrected chi connectivity index (χ4v) is 0. The molecule has 45 valence electrons. The predicted octanol–water partition coefficient (Wildman–Crippen LogP) is -4.17. The van der Waals surface area contributed by atoms with Crippen LogP contribution < -0.4 is 0 Å². The van der Waals surface area contributed by atoms with Crippen LogP contribution in [-0.4, -0.2) is 92.6 Å². The van der Waals surface area contributed by atoms with Crippen molar-refractivity contribution in [3.63, 3.8) is 0 Å². The Kier molecular flexibility index (Phi) is 30.3. The monoisotopic (exact) mass is 347 g/mol. The summed E-state index contributed by atoms with van der Waals surface area (Å²) in [4.78, 5) is 29.3. The predicted molar refractivity (Wildman–Crippen MR) is 30.3 cm³/mol. The number of hydrogen-bond acceptors (Lipinski definition) is 4. The Morgan fingerprint density at radius 1 is 0.875 bits per heavy atom. The van der Waals surface area contributed by atoms with Crippen LogP contribution in [0.3, 0.4) is 0 Å². The Morgan fingerprint density at radius 3 is 0.875 bits per heavy atom. The van der Waals surface area contributed by atoms with Crippen LogP contribution >= 0.6 is 0 Å². The number of hydrogen-bond donors (Lipinski definition) is 4. The summed E-state index contributed by atoms with van der Waals surface area (Å²) in [7, 11) is -4.61. The molecule has 0 aliphatic carbocycles. The number of rotatable bonds is 0. The van der Waals surface area contributed by atoms with E-state index in [-0.39, 0.29) is 114 Å². The first-order valence-corrected chi connectivity index (χ1v) is 2.68. The van der Waals surface area contributed by atoms with Gasteiger partial charge in [-0.2, -0.15) is 0 Å². The molecule has 0 saturated carbocycles. The molecular weight excluding hydrogens is 339 g/mol. The fraction of sp³-hybridized carbons (Fsp3) is 0. The molecule has 0 rings (SSSR count). The van der Waals surface area contributed by atoms with Crippen LogP contribution in [0.4, 0.5) is 0 Å². The topological polar surface area (TPSA) is 80.9 Å². The van der Waals surface area contributed by atoms with Crippen molar-refractivity contribution in [3.05, 3.63) is 0 Å². The van der Waals surface area contributed by atoms with Gasteiger partial charge in [0.15, 0.2) is 0 Å². The van der Waals surface area contributed by atoms with Crippen LogP contribution in [0.15, 0.2) is 0 Å². The van der Waals surface area contributed by atoms with E-state index in [4.69, 9.17) is 19.2 Å². The Morgan fingerprint density at radius 2 is 0.875 bits per heavy atom. The summed E-state index contributed by atoms with van der Waals surface area (Å²) in [6.45, 7) is 0. The molecule has 0 saturated heterocycles. The molecule has 0 bridgehead atoms. The first-order valence-electron chi connectivity index (χ1n) is 0.894. The van der Waals surface area contributed by atoms with E-state index in [1.807, 2.05) is 0 Å². The van der Waals surface area contributed by atoms with Crippen LogP contribution in [0.2, 0.25) is 0 Å². The van der Waals surface area contributed by atoms with Gasteiger partial charge in [-0.25, -0.2) is 0 Å². The van der Waals surface area contributed by atoms with Crippen LogP contribution in [-0.2, 0) is 0 Å². The molecule has 8 heteroatoms. The first-order chi connectivity index (χ1) is 2.00. The molecule has 0 aliphatic heterocycles. The molecule has 0 heterocycles. The molecule has 0 spiro atoms. The molecule has 0 aromatic carbocycles. The van der Waals surface area contributed by atoms with E-state index < -0.39 is 9.05 Å². The van der Waals surface area contributed by atoms with Gasteiger partial charge in [0.2, 0.25) is 0 Å². The van der Waals surface area contributed by atoms with Crippen LogP contribution in [0, 0.1) is 49.4 Å². The van der Waals surface area contributed by atoms with Gasteiger partial charge in [0.1, 0.15) is 0 Å². The van der Waals surface area contributed by atoms with Crippen molar-refractivity contribution in [1.82, 2.24) is 0 Å². The van der Waals surface area contributed by atoms with Crippen molar-refractivity contribution in [2.75, 3.05) is 0 Å². The minimum atomic E-state index is -4.61. The quantitative estimate of drug-likeness (QED) is 0.336. The molecule has 0 unspecified atom stereocenters. The van der Waals surface area contributed by atoms with Crippen molar-refractivity contribution in [2.45, 2.75) is 0 Å². The molecule has 0 aliphatic rings. The summed E-state index contributed by atoms with van der Waals surface area (Å²) >= 11 is 0. The van der Waals surface area contributed by atoms with E-state index in [9.17, 15) is 0 Å². The standard InChI is InChI=1S/Eu.Li.H4O4Si.Sr.3H/c;;1-5(2,3)4;;;;/h;;1-4H;;;;. The van der Waals surface area contributed by atoms with Crippen LogP contribution in [0.25, 0.3) is 0 Å². The maximum atomic E-state index is 7.33. The second-order valence-corrected chi connectivity index (χ2v) is 1.80. The zero-order chi connectivity index (χ0) is 4.50. The summed E-state index contributed by atoms with van der Waals surface area (Å²) in [6.07, 6.45) is 0. The molecular formula is H7EuLiO4SiSr. The van der Waals surface area contributed by atoms with Crippen molar-refractivity contribution in [1.29, 1.82) is 0 Å². The van der Waals surface area contributed by atoms with Gasteiger partial charge in [-0.1, -0.05) is 0 Å². The van der Waals surface area contributed by atoms with Crippen molar-refractivity contribution in [2.24, 2.45) is 0 Å². The minimum absolute atomic E-state index is 0. The second kappa shape index (κ2) is 10.7. The van der Waals surface area contributed by atoms with Crippen molar-refractivity contribution < 1.29 is 68.6 Å². The van der Waals surface area contributed by atoms with Gasteiger partial charge in [0.05, 0.1) is 0 Å². The third-order valence-electron chi connectivity index (χ3n) is 0. The van der Waals surface area contributed by atoms with Gasteiger partial charge in [-0.05, 0) is 0 Å². The van der Waals surface area contributed by atoms with E-state index in [0.29, 0.717) is 0 Å². The first kappa shape index (κ1) is 22.6. The van der Waals surface area contributed by atoms with Gasteiger partial charge in [-0.15, -0.1) is 0 Å². The van der Waals surface area contributed by atoms with Gasteiger partial charge in [0, 0.05) is 49.4 Å². The Balaban J connectivity index is -0.0000000267. The zero-order valence-corrected chi connectivity index (χ0v) is 6.09. The van der Waals surface area contributed by atoms with Gasteiger partial charge in [-0.3, -0.25) is 0 Å². The summed E-state index contributed by atoms with van der Waals surface area (Å²) in [5, 5.41) is 0. The van der Waals surface area contributed by atoms with E-state index >= 15 is 0 Å². The maximum absolute atomic E-state index is 7.33. The molecule has 4 N–H and O–H groups in total. The van der Waals surface area contributed by atoms with Crippen LogP contribution in [0.5, 0.6) is 0 Å². The van der Waals surface area contributed by atoms with E-state index in [1.54, 1.807) is 0 Å². The van der Waals surface area contributed by atoms with Crippen LogP contribution in [0.1, 0.15) is 0 Å². The average molecular weight is 346 g/mol. The van der Waals surface area contributed by atoms with Crippen molar-refractivity contribution in [3.8, 4) is 0 Å². The van der Waals surface area contributed by atoms with E-state index in [2.05, 4.69) is 0 Å². The van der Waals surface area contributed by atoms with Gasteiger partial charge in [0.25, 0.3) is 0 Å². The molecule has 0 aromatic rings. The molecule has 1 radical (unpaired) electrons. The zero-order valence-electron chi connectivity index (χ0n) is 2.67. The van der Waals surface area contributed by atoms with Crippen molar-refractivity contribution >= 4 is 73.4 Å². The Bertz CT molecular complexity index is 31.5. The average Bonchev–Trinajstić information content (AvgIpc) is 0.722. The Hall–Kier alpha value is 3.72. The molecule has 8 heavy (non-hydrogen) atoms. The summed E-state index contributed by atoms with van der Waals surface area (Å²) < 4.78 is 0. The second-order valence-electron chi connectivity index (χ2n) is 0.600. The SMILES string of the molecule is O[Si](O)(O)O.[Eu].[LiH].[SrH2]. The summed E-state index contributed by atoms with van der Waals surface area (Å²) in [5.41, 5.74) is 0. The normalized spacial score (nSPS) is 7.50. The summed E-state index contributed by atoms with van der Waals surface area (Å²) in [5.74, 6) is 0.